The summed E-state index contributed by atoms with van der Waals surface area (Å²) in [5.74, 6) is 1.97. The normalized spacial score (nSPS) is 29.8. The van der Waals surface area contributed by atoms with Gasteiger partial charge in [-0.1, -0.05) is 26.0 Å². The average molecular weight is 183 g/mol. The highest BCUT2D eigenvalue weighted by atomic mass is 32.2. The van der Waals surface area contributed by atoms with Crippen LogP contribution in [0.2, 0.25) is 0 Å². The quantitative estimate of drug-likeness (QED) is 0.612. The van der Waals surface area contributed by atoms with Crippen LogP contribution in [0, 0.1) is 5.92 Å². The molecular formula is C10H17NS. The molecule has 0 aliphatic carbocycles. The van der Waals surface area contributed by atoms with Crippen LogP contribution in [0.3, 0.4) is 0 Å². The molecule has 1 heterocycles. The largest absolute Gasteiger partial charge is 0.282 e. The SMILES string of the molecule is CC/C=C\C[C@H]1N=CSCC1C. The van der Waals surface area contributed by atoms with Gasteiger partial charge in [0.15, 0.2) is 0 Å². The highest BCUT2D eigenvalue weighted by molar-refractivity contribution is 8.12. The van der Waals surface area contributed by atoms with E-state index in [-0.39, 0.29) is 0 Å². The maximum absolute atomic E-state index is 4.47. The molecule has 0 radical (unpaired) electrons. The van der Waals surface area contributed by atoms with E-state index < -0.39 is 0 Å². The van der Waals surface area contributed by atoms with Crippen LogP contribution in [0.4, 0.5) is 0 Å². The summed E-state index contributed by atoms with van der Waals surface area (Å²) in [4.78, 5) is 4.47. The van der Waals surface area contributed by atoms with Crippen molar-refractivity contribution in [1.82, 2.24) is 0 Å². The topological polar surface area (TPSA) is 12.4 Å². The monoisotopic (exact) mass is 183 g/mol. The average Bonchev–Trinajstić information content (AvgIpc) is 2.09. The molecule has 0 aromatic heterocycles. The molecule has 0 saturated carbocycles. The number of allylic oxidation sites excluding steroid dienone is 1. The summed E-state index contributed by atoms with van der Waals surface area (Å²) in [6, 6.07) is 0.536. The van der Waals surface area contributed by atoms with E-state index in [2.05, 4.69) is 31.0 Å². The molecule has 68 valence electrons. The van der Waals surface area contributed by atoms with E-state index in [0.717, 1.165) is 18.8 Å². The fraction of sp³-hybridized carbons (Fsp3) is 0.700. The van der Waals surface area contributed by atoms with E-state index in [0.29, 0.717) is 6.04 Å². The number of aliphatic imine (C=N–C) groups is 1. The zero-order valence-corrected chi connectivity index (χ0v) is 8.68. The first-order valence-electron chi connectivity index (χ1n) is 4.62. The Morgan fingerprint density at radius 2 is 2.42 bits per heavy atom. The molecule has 0 spiro atoms. The Morgan fingerprint density at radius 1 is 1.58 bits per heavy atom. The lowest BCUT2D eigenvalue weighted by atomic mass is 10.0. The molecular weight excluding hydrogens is 166 g/mol. The van der Waals surface area contributed by atoms with Crippen LogP contribution in [0.15, 0.2) is 17.1 Å². The molecule has 1 aliphatic rings. The third-order valence-corrected chi connectivity index (χ3v) is 3.11. The number of nitrogens with zero attached hydrogens (tertiary/aromatic N) is 1. The van der Waals surface area contributed by atoms with Gasteiger partial charge in [-0.05, 0) is 18.8 Å². The van der Waals surface area contributed by atoms with E-state index in [9.17, 15) is 0 Å². The summed E-state index contributed by atoms with van der Waals surface area (Å²) in [5.41, 5.74) is 2.00. The van der Waals surface area contributed by atoms with Crippen molar-refractivity contribution in [2.75, 3.05) is 5.75 Å². The third-order valence-electron chi connectivity index (χ3n) is 2.12. The first-order chi connectivity index (χ1) is 5.84. The van der Waals surface area contributed by atoms with E-state index in [1.165, 1.54) is 5.75 Å². The molecule has 1 rings (SSSR count). The lowest BCUT2D eigenvalue weighted by molar-refractivity contribution is 0.506. The van der Waals surface area contributed by atoms with Crippen molar-refractivity contribution in [3.63, 3.8) is 0 Å². The van der Waals surface area contributed by atoms with Gasteiger partial charge in [-0.2, -0.15) is 0 Å². The Labute approximate surface area is 79.3 Å². The van der Waals surface area contributed by atoms with Gasteiger partial charge < -0.3 is 0 Å². The molecule has 0 saturated heterocycles. The van der Waals surface area contributed by atoms with Gasteiger partial charge in [-0.3, -0.25) is 4.99 Å². The summed E-state index contributed by atoms with van der Waals surface area (Å²) in [6.07, 6.45) is 6.74. The van der Waals surface area contributed by atoms with Gasteiger partial charge >= 0.3 is 0 Å². The summed E-state index contributed by atoms with van der Waals surface area (Å²) >= 11 is 1.83. The first kappa shape index (κ1) is 9.85. The molecule has 0 fully saturated rings. The minimum Gasteiger partial charge on any atom is -0.282 e. The van der Waals surface area contributed by atoms with Gasteiger partial charge in [0, 0.05) is 5.75 Å². The maximum Gasteiger partial charge on any atom is 0.0573 e. The summed E-state index contributed by atoms with van der Waals surface area (Å²) in [6.45, 7) is 4.45. The Kier molecular flexibility index (Phi) is 4.44. The number of hydrogen-bond acceptors (Lipinski definition) is 2. The molecule has 0 aromatic carbocycles. The Bertz CT molecular complexity index is 175. The van der Waals surface area contributed by atoms with Crippen molar-refractivity contribution in [2.24, 2.45) is 10.9 Å². The van der Waals surface area contributed by atoms with Crippen LogP contribution in [-0.4, -0.2) is 17.3 Å². The van der Waals surface area contributed by atoms with Crippen LogP contribution in [0.25, 0.3) is 0 Å². The summed E-state index contributed by atoms with van der Waals surface area (Å²) < 4.78 is 0. The lowest BCUT2D eigenvalue weighted by Gasteiger charge is -2.21. The van der Waals surface area contributed by atoms with E-state index in [4.69, 9.17) is 0 Å². The third kappa shape index (κ3) is 3.02. The summed E-state index contributed by atoms with van der Waals surface area (Å²) in [7, 11) is 0. The molecule has 2 heteroatoms. The van der Waals surface area contributed by atoms with E-state index >= 15 is 0 Å². The fourth-order valence-electron chi connectivity index (χ4n) is 1.27. The molecule has 1 aliphatic heterocycles. The minimum absolute atomic E-state index is 0.536. The second-order valence-electron chi connectivity index (χ2n) is 3.25. The zero-order valence-electron chi connectivity index (χ0n) is 7.86. The number of hydrogen-bond donors (Lipinski definition) is 0. The van der Waals surface area contributed by atoms with Crippen molar-refractivity contribution in [3.8, 4) is 0 Å². The lowest BCUT2D eigenvalue weighted by Crippen LogP contribution is -2.20. The van der Waals surface area contributed by atoms with Crippen LogP contribution >= 0.6 is 11.8 Å². The van der Waals surface area contributed by atoms with Crippen LogP contribution in [0.1, 0.15) is 26.7 Å². The Hall–Kier alpha value is -0.240. The molecule has 0 N–H and O–H groups in total. The molecule has 12 heavy (non-hydrogen) atoms. The minimum atomic E-state index is 0.536. The maximum atomic E-state index is 4.47. The second-order valence-corrected chi connectivity index (χ2v) is 4.13. The van der Waals surface area contributed by atoms with Crippen molar-refractivity contribution >= 4 is 17.3 Å². The predicted octanol–water partition coefficient (Wildman–Crippen LogP) is 3.12. The van der Waals surface area contributed by atoms with Crippen molar-refractivity contribution in [1.29, 1.82) is 0 Å². The van der Waals surface area contributed by atoms with Gasteiger partial charge in [-0.15, -0.1) is 11.8 Å². The fourth-order valence-corrected chi connectivity index (χ4v) is 2.12. The van der Waals surface area contributed by atoms with Gasteiger partial charge in [0.05, 0.1) is 11.6 Å². The number of thioether (sulfide) groups is 1. The molecule has 0 bridgehead atoms. The molecule has 1 nitrogen and oxygen atoms in total. The highest BCUT2D eigenvalue weighted by Crippen LogP contribution is 2.21. The van der Waals surface area contributed by atoms with Crippen molar-refractivity contribution in [2.45, 2.75) is 32.7 Å². The van der Waals surface area contributed by atoms with Crippen LogP contribution in [0.5, 0.6) is 0 Å². The van der Waals surface area contributed by atoms with E-state index in [1.807, 2.05) is 17.3 Å². The van der Waals surface area contributed by atoms with Crippen LogP contribution < -0.4 is 0 Å². The smallest absolute Gasteiger partial charge is 0.0573 e. The number of rotatable bonds is 3. The second kappa shape index (κ2) is 5.41. The van der Waals surface area contributed by atoms with Gasteiger partial charge in [0.2, 0.25) is 0 Å². The van der Waals surface area contributed by atoms with E-state index in [1.54, 1.807) is 0 Å². The predicted molar refractivity (Wildman–Crippen MR) is 58.0 cm³/mol. The van der Waals surface area contributed by atoms with Crippen molar-refractivity contribution in [3.05, 3.63) is 12.2 Å². The Morgan fingerprint density at radius 3 is 3.08 bits per heavy atom. The summed E-state index contributed by atoms with van der Waals surface area (Å²) in [5, 5.41) is 0. The van der Waals surface area contributed by atoms with Crippen LogP contribution in [-0.2, 0) is 0 Å². The standard InChI is InChI=1S/C10H17NS/c1-3-4-5-6-10-9(2)7-12-8-11-10/h4-5,8-10H,3,6-7H2,1-2H3/b5-4-/t9?,10-/m1/s1. The highest BCUT2D eigenvalue weighted by Gasteiger charge is 2.16. The molecule has 0 amide bonds. The van der Waals surface area contributed by atoms with Gasteiger partial charge in [0.1, 0.15) is 0 Å². The zero-order chi connectivity index (χ0) is 8.81. The molecule has 2 atom stereocenters. The first-order valence-corrected chi connectivity index (χ1v) is 5.67. The Balaban J connectivity index is 2.34. The molecule has 1 unspecified atom stereocenters. The van der Waals surface area contributed by atoms with Gasteiger partial charge in [-0.25, -0.2) is 0 Å². The molecule has 0 aromatic rings. The van der Waals surface area contributed by atoms with Gasteiger partial charge in [0.25, 0.3) is 0 Å². The van der Waals surface area contributed by atoms with Crippen molar-refractivity contribution < 1.29 is 0 Å².